The van der Waals surface area contributed by atoms with Crippen molar-refractivity contribution in [1.29, 1.82) is 0 Å². The molecule has 4 atom stereocenters. The second-order valence-corrected chi connectivity index (χ2v) is 7.77. The minimum Gasteiger partial charge on any atom is -0.488 e. The Labute approximate surface area is 162 Å². The van der Waals surface area contributed by atoms with Crippen LogP contribution in [0, 0.1) is 11.8 Å². The fraction of sp³-hybridized carbons (Fsp3) is 0.400. The zero-order valence-electron chi connectivity index (χ0n) is 14.8. The van der Waals surface area contributed by atoms with Gasteiger partial charge in [-0.15, -0.1) is 0 Å². The van der Waals surface area contributed by atoms with Crippen molar-refractivity contribution in [3.05, 3.63) is 53.2 Å². The topological polar surface area (TPSA) is 88.7 Å². The second kappa shape index (κ2) is 7.37. The van der Waals surface area contributed by atoms with Crippen molar-refractivity contribution < 1.29 is 14.6 Å². The maximum atomic E-state index is 12.7. The number of anilines is 1. The van der Waals surface area contributed by atoms with E-state index < -0.39 is 6.10 Å². The first kappa shape index (κ1) is 18.1. The van der Waals surface area contributed by atoms with E-state index in [0.717, 1.165) is 0 Å². The van der Waals surface area contributed by atoms with Gasteiger partial charge in [-0.05, 0) is 55.0 Å². The Kier molecular flexibility index (Phi) is 4.93. The Bertz CT molecular complexity index is 847. The summed E-state index contributed by atoms with van der Waals surface area (Å²) in [4.78, 5) is 18.7. The van der Waals surface area contributed by atoms with Crippen LogP contribution in [0.1, 0.15) is 23.3 Å². The maximum Gasteiger partial charge on any atom is 0.272 e. The zero-order chi connectivity index (χ0) is 19.0. The van der Waals surface area contributed by atoms with Crippen molar-refractivity contribution in [3.8, 4) is 5.75 Å². The number of halogens is 1. The van der Waals surface area contributed by atoms with Gasteiger partial charge in [0, 0.05) is 18.1 Å². The molecule has 3 N–H and O–H groups in total. The van der Waals surface area contributed by atoms with Crippen molar-refractivity contribution in [2.45, 2.75) is 25.0 Å². The highest BCUT2D eigenvalue weighted by molar-refractivity contribution is 6.30. The number of aliphatic hydroxyl groups is 1. The van der Waals surface area contributed by atoms with E-state index in [1.54, 1.807) is 30.3 Å². The van der Waals surface area contributed by atoms with Gasteiger partial charge in [-0.3, -0.25) is 4.79 Å². The molecule has 2 heterocycles. The van der Waals surface area contributed by atoms with E-state index in [1.165, 1.54) is 0 Å². The van der Waals surface area contributed by atoms with Gasteiger partial charge in [-0.2, -0.15) is 0 Å². The molecule has 2 aliphatic rings. The fourth-order valence-electron chi connectivity index (χ4n) is 4.13. The Morgan fingerprint density at radius 3 is 2.67 bits per heavy atom. The zero-order valence-corrected chi connectivity index (χ0v) is 15.5. The first-order valence-electron chi connectivity index (χ1n) is 9.11. The Balaban J connectivity index is 1.43. The predicted octanol–water partition coefficient (Wildman–Crippen LogP) is 2.61. The summed E-state index contributed by atoms with van der Waals surface area (Å²) < 4.78 is 5.99. The summed E-state index contributed by atoms with van der Waals surface area (Å²) in [7, 11) is 0. The highest BCUT2D eigenvalue weighted by Gasteiger charge is 2.44. The van der Waals surface area contributed by atoms with E-state index >= 15 is 0 Å². The number of nitrogen functional groups attached to an aromatic ring is 1. The number of ether oxygens (including phenoxy) is 1. The number of hydrogen-bond acceptors (Lipinski definition) is 5. The van der Waals surface area contributed by atoms with Gasteiger partial charge in [0.2, 0.25) is 0 Å². The lowest BCUT2D eigenvalue weighted by Crippen LogP contribution is -2.42. The van der Waals surface area contributed by atoms with E-state index in [4.69, 9.17) is 22.1 Å². The molecule has 1 aromatic carbocycles. The number of nitrogens with two attached hydrogens (primary N) is 1. The van der Waals surface area contributed by atoms with Crippen LogP contribution in [-0.2, 0) is 0 Å². The number of carbonyl (C=O) groups excluding carboxylic acids is 1. The average Bonchev–Trinajstić information content (AvgIpc) is 3.04. The smallest absolute Gasteiger partial charge is 0.272 e. The number of amides is 1. The minimum absolute atomic E-state index is 0.113. The Hall–Kier alpha value is -2.31. The Morgan fingerprint density at radius 2 is 1.93 bits per heavy atom. The van der Waals surface area contributed by atoms with Gasteiger partial charge in [-0.1, -0.05) is 23.7 Å². The molecule has 6 nitrogen and oxygen atoms in total. The van der Waals surface area contributed by atoms with Crippen molar-refractivity contribution in [1.82, 2.24) is 9.88 Å². The molecule has 4 rings (SSSR count). The van der Waals surface area contributed by atoms with Crippen molar-refractivity contribution in [2.75, 3.05) is 18.8 Å². The van der Waals surface area contributed by atoms with Crippen LogP contribution in [0.2, 0.25) is 5.02 Å². The number of likely N-dealkylation sites (tertiary alicyclic amines) is 1. The van der Waals surface area contributed by atoms with Gasteiger partial charge in [0.1, 0.15) is 23.4 Å². The highest BCUT2D eigenvalue weighted by atomic mass is 35.5. The number of rotatable bonds is 3. The van der Waals surface area contributed by atoms with E-state index in [9.17, 15) is 9.90 Å². The Morgan fingerprint density at radius 1 is 1.19 bits per heavy atom. The summed E-state index contributed by atoms with van der Waals surface area (Å²) in [5.41, 5.74) is 6.05. The van der Waals surface area contributed by atoms with Crippen molar-refractivity contribution in [2.24, 2.45) is 11.8 Å². The molecule has 0 radical (unpaired) electrons. The van der Waals surface area contributed by atoms with Crippen LogP contribution in [0.5, 0.6) is 5.75 Å². The molecule has 1 aromatic heterocycles. The lowest BCUT2D eigenvalue weighted by Gasteiger charge is -2.35. The molecule has 1 saturated heterocycles. The summed E-state index contributed by atoms with van der Waals surface area (Å²) in [5, 5.41) is 11.1. The molecule has 1 saturated carbocycles. The maximum absolute atomic E-state index is 12.7. The van der Waals surface area contributed by atoms with Crippen molar-refractivity contribution >= 4 is 23.3 Å². The number of pyridine rings is 1. The molecule has 0 spiro atoms. The molecule has 0 unspecified atom stereocenters. The molecular weight excluding hydrogens is 366 g/mol. The van der Waals surface area contributed by atoms with E-state index in [-0.39, 0.29) is 17.9 Å². The number of aliphatic hydroxyl groups excluding tert-OH is 1. The first-order valence-corrected chi connectivity index (χ1v) is 9.49. The monoisotopic (exact) mass is 387 g/mol. The third-order valence-corrected chi connectivity index (χ3v) is 5.68. The number of carbonyl (C=O) groups is 1. The van der Waals surface area contributed by atoms with Gasteiger partial charge in [0.05, 0.1) is 6.10 Å². The molecular formula is C20H22ClN3O3. The fourth-order valence-corrected chi connectivity index (χ4v) is 4.31. The van der Waals surface area contributed by atoms with Gasteiger partial charge in [-0.25, -0.2) is 4.98 Å². The van der Waals surface area contributed by atoms with Crippen LogP contribution < -0.4 is 10.5 Å². The predicted molar refractivity (Wildman–Crippen MR) is 103 cm³/mol. The van der Waals surface area contributed by atoms with Crippen LogP contribution in [0.25, 0.3) is 0 Å². The molecule has 2 aromatic rings. The van der Waals surface area contributed by atoms with Gasteiger partial charge in [0.25, 0.3) is 5.91 Å². The molecule has 1 amide bonds. The quantitative estimate of drug-likeness (QED) is 0.845. The van der Waals surface area contributed by atoms with Gasteiger partial charge < -0.3 is 20.5 Å². The lowest BCUT2D eigenvalue weighted by atomic mass is 9.78. The van der Waals surface area contributed by atoms with E-state index in [0.29, 0.717) is 54.1 Å². The van der Waals surface area contributed by atoms with Gasteiger partial charge >= 0.3 is 0 Å². The third-order valence-electron chi connectivity index (χ3n) is 5.45. The van der Waals surface area contributed by atoms with Crippen LogP contribution in [0.3, 0.4) is 0 Å². The van der Waals surface area contributed by atoms with E-state index in [1.807, 2.05) is 17.0 Å². The molecule has 27 heavy (non-hydrogen) atoms. The standard InChI is InChI=1S/C20H22ClN3O3/c21-14-3-1-4-15(9-14)27-18-8-13-11-24(10-12(13)7-17(18)25)20(26)16-5-2-6-19(22)23-16/h1-6,9,12-13,17-18,25H,7-8,10-11H2,(H2,22,23)/t12-,13+,17+,18+/m0/s1. The summed E-state index contributed by atoms with van der Waals surface area (Å²) in [6.45, 7) is 1.27. The summed E-state index contributed by atoms with van der Waals surface area (Å²) in [6, 6.07) is 12.3. The molecule has 2 fully saturated rings. The second-order valence-electron chi connectivity index (χ2n) is 7.33. The molecule has 142 valence electrons. The number of nitrogens with zero attached hydrogens (tertiary/aromatic N) is 2. The van der Waals surface area contributed by atoms with Crippen LogP contribution in [0.4, 0.5) is 5.82 Å². The van der Waals surface area contributed by atoms with Crippen LogP contribution in [0.15, 0.2) is 42.5 Å². The summed E-state index contributed by atoms with van der Waals surface area (Å²) >= 11 is 6.01. The molecule has 7 heteroatoms. The normalized spacial score (nSPS) is 27.3. The minimum atomic E-state index is -0.564. The van der Waals surface area contributed by atoms with Gasteiger partial charge in [0.15, 0.2) is 0 Å². The van der Waals surface area contributed by atoms with Crippen LogP contribution in [-0.4, -0.2) is 46.2 Å². The number of hydrogen-bond donors (Lipinski definition) is 2. The molecule has 1 aliphatic heterocycles. The summed E-state index contributed by atoms with van der Waals surface area (Å²) in [5.74, 6) is 1.44. The number of aromatic nitrogens is 1. The van der Waals surface area contributed by atoms with E-state index in [2.05, 4.69) is 4.98 Å². The lowest BCUT2D eigenvalue weighted by molar-refractivity contribution is -0.0231. The largest absolute Gasteiger partial charge is 0.488 e. The number of fused-ring (bicyclic) bond motifs is 1. The average molecular weight is 388 g/mol. The summed E-state index contributed by atoms with van der Waals surface area (Å²) in [6.07, 6.45) is 0.451. The SMILES string of the molecule is Nc1cccc(C(=O)N2C[C@H]3C[C@@H](Oc4cccc(Cl)c4)[C@H](O)C[C@H]3C2)n1. The third kappa shape index (κ3) is 3.87. The first-order chi connectivity index (χ1) is 13.0. The molecule has 1 aliphatic carbocycles. The number of benzene rings is 1. The van der Waals surface area contributed by atoms with Crippen LogP contribution >= 0.6 is 11.6 Å². The highest BCUT2D eigenvalue weighted by Crippen LogP contribution is 2.38. The van der Waals surface area contributed by atoms with Crippen molar-refractivity contribution in [3.63, 3.8) is 0 Å². The molecule has 0 bridgehead atoms.